The van der Waals surface area contributed by atoms with Crippen molar-refractivity contribution in [2.45, 2.75) is 13.0 Å². The summed E-state index contributed by atoms with van der Waals surface area (Å²) >= 11 is 0. The molecule has 4 heterocycles. The lowest BCUT2D eigenvalue weighted by Gasteiger charge is -2.20. The number of nitrogen functional groups attached to an aromatic ring is 1. The second kappa shape index (κ2) is 10.9. The normalized spacial score (nSPS) is 11.6. The molecule has 1 amide bonds. The molecule has 42 heavy (non-hydrogen) atoms. The van der Waals surface area contributed by atoms with Gasteiger partial charge in [0.2, 0.25) is 5.88 Å². The zero-order chi connectivity index (χ0) is 29.2. The molecule has 0 fully saturated rings. The Hall–Kier alpha value is -6.02. The summed E-state index contributed by atoms with van der Waals surface area (Å²) < 4.78 is 8.12. The van der Waals surface area contributed by atoms with Crippen LogP contribution < -0.4 is 21.3 Å². The minimum absolute atomic E-state index is 0.0420. The maximum Gasteiger partial charge on any atom is 0.267 e. The van der Waals surface area contributed by atoms with Crippen LogP contribution in [0.15, 0.2) is 90.1 Å². The highest BCUT2D eigenvalue weighted by atomic mass is 16.5. The molecule has 11 nitrogen and oxygen atoms in total. The summed E-state index contributed by atoms with van der Waals surface area (Å²) in [6.07, 6.45) is 4.82. The SMILES string of the molecule is COc1cc(C#Cc2cccc3nc([C@H](C)NC(=O)c4c(N)nn5cccnc45)n(-c4ccccc4)c(=O)c23)ccn1. The van der Waals surface area contributed by atoms with Crippen LogP contribution in [0.1, 0.15) is 40.3 Å². The fourth-order valence-electron chi connectivity index (χ4n) is 4.66. The van der Waals surface area contributed by atoms with Crippen molar-refractivity contribution in [3.8, 4) is 23.4 Å². The van der Waals surface area contributed by atoms with Crippen LogP contribution >= 0.6 is 0 Å². The number of fused-ring (bicyclic) bond motifs is 2. The zero-order valence-corrected chi connectivity index (χ0v) is 22.6. The topological polar surface area (TPSA) is 142 Å². The molecule has 0 saturated carbocycles. The smallest absolute Gasteiger partial charge is 0.267 e. The molecule has 0 aliphatic heterocycles. The summed E-state index contributed by atoms with van der Waals surface area (Å²) in [4.78, 5) is 40.8. The van der Waals surface area contributed by atoms with Gasteiger partial charge in [0, 0.05) is 35.8 Å². The van der Waals surface area contributed by atoms with Gasteiger partial charge in [0.1, 0.15) is 11.4 Å². The van der Waals surface area contributed by atoms with E-state index < -0.39 is 11.9 Å². The number of aromatic nitrogens is 6. The Morgan fingerprint density at radius 2 is 1.86 bits per heavy atom. The third kappa shape index (κ3) is 4.77. The molecule has 4 aromatic heterocycles. The molecule has 0 bridgehead atoms. The maximum atomic E-state index is 14.2. The Morgan fingerprint density at radius 3 is 2.67 bits per heavy atom. The van der Waals surface area contributed by atoms with Gasteiger partial charge in [-0.1, -0.05) is 36.1 Å². The standard InChI is InChI=1S/C31H24N8O3/c1-19(35-30(40)26-27(32)37-38-17-7-15-34-29(26)38)28-36-23-11-6-8-21(13-12-20-14-16-33-24(18-20)42-2)25(23)31(41)39(28)22-9-4-3-5-10-22/h3-11,14-19H,1-2H3,(H2,32,37)(H,35,40)/t19-/m0/s1. The molecular weight excluding hydrogens is 532 g/mol. The van der Waals surface area contributed by atoms with Crippen LogP contribution in [0.2, 0.25) is 0 Å². The first-order valence-electron chi connectivity index (χ1n) is 13.0. The number of para-hydroxylation sites is 1. The molecule has 1 atom stereocenters. The van der Waals surface area contributed by atoms with Crippen molar-refractivity contribution in [3.63, 3.8) is 0 Å². The molecule has 2 aromatic carbocycles. The van der Waals surface area contributed by atoms with Crippen LogP contribution in [0.5, 0.6) is 5.88 Å². The molecule has 206 valence electrons. The van der Waals surface area contributed by atoms with Gasteiger partial charge in [0.25, 0.3) is 11.5 Å². The van der Waals surface area contributed by atoms with E-state index in [-0.39, 0.29) is 16.9 Å². The van der Waals surface area contributed by atoms with Crippen molar-refractivity contribution in [2.75, 3.05) is 12.8 Å². The number of hydrogen-bond donors (Lipinski definition) is 2. The first-order valence-corrected chi connectivity index (χ1v) is 13.0. The number of ether oxygens (including phenoxy) is 1. The number of nitrogens with zero attached hydrogens (tertiary/aromatic N) is 6. The van der Waals surface area contributed by atoms with Crippen molar-refractivity contribution >= 4 is 28.3 Å². The maximum absolute atomic E-state index is 14.2. The largest absolute Gasteiger partial charge is 0.481 e. The van der Waals surface area contributed by atoms with E-state index in [4.69, 9.17) is 15.5 Å². The van der Waals surface area contributed by atoms with Crippen molar-refractivity contribution in [1.29, 1.82) is 0 Å². The third-order valence-electron chi connectivity index (χ3n) is 6.61. The lowest BCUT2D eigenvalue weighted by Crippen LogP contribution is -2.33. The Labute approximate surface area is 239 Å². The predicted molar refractivity (Wildman–Crippen MR) is 157 cm³/mol. The summed E-state index contributed by atoms with van der Waals surface area (Å²) in [7, 11) is 1.53. The predicted octanol–water partition coefficient (Wildman–Crippen LogP) is 3.31. The molecular formula is C31H24N8O3. The minimum atomic E-state index is -0.702. The Balaban J connectivity index is 1.47. The lowest BCUT2D eigenvalue weighted by atomic mass is 10.1. The van der Waals surface area contributed by atoms with Crippen molar-refractivity contribution in [1.82, 2.24) is 34.4 Å². The number of carbonyl (C=O) groups is 1. The highest BCUT2D eigenvalue weighted by Crippen LogP contribution is 2.22. The van der Waals surface area contributed by atoms with Crippen LogP contribution in [0.4, 0.5) is 5.82 Å². The van der Waals surface area contributed by atoms with Crippen LogP contribution in [0.3, 0.4) is 0 Å². The number of methoxy groups -OCH3 is 1. The number of nitrogens with two attached hydrogens (primary N) is 1. The van der Waals surface area contributed by atoms with Gasteiger partial charge < -0.3 is 15.8 Å². The summed E-state index contributed by atoms with van der Waals surface area (Å²) in [6, 6.07) is 18.9. The quantitative estimate of drug-likeness (QED) is 0.308. The Bertz CT molecular complexity index is 2090. The monoisotopic (exact) mass is 556 g/mol. The minimum Gasteiger partial charge on any atom is -0.481 e. The van der Waals surface area contributed by atoms with Crippen LogP contribution in [0, 0.1) is 11.8 Å². The Morgan fingerprint density at radius 1 is 1.02 bits per heavy atom. The summed E-state index contributed by atoms with van der Waals surface area (Å²) in [5, 5.41) is 7.45. The van der Waals surface area contributed by atoms with Gasteiger partial charge in [-0.15, -0.1) is 5.10 Å². The Kier molecular flexibility index (Phi) is 6.78. The molecule has 0 aliphatic carbocycles. The van der Waals surface area contributed by atoms with Gasteiger partial charge in [-0.05, 0) is 43.3 Å². The summed E-state index contributed by atoms with van der Waals surface area (Å²) in [5.41, 5.74) is 8.44. The first kappa shape index (κ1) is 26.2. The van der Waals surface area contributed by atoms with Gasteiger partial charge in [-0.2, -0.15) is 0 Å². The molecule has 0 saturated heterocycles. The number of hydrogen-bond acceptors (Lipinski definition) is 8. The number of pyridine rings is 1. The van der Waals surface area contributed by atoms with E-state index in [1.807, 2.05) is 18.2 Å². The number of nitrogens with one attached hydrogen (secondary N) is 1. The molecule has 0 aliphatic rings. The third-order valence-corrected chi connectivity index (χ3v) is 6.61. The van der Waals surface area contributed by atoms with Gasteiger partial charge >= 0.3 is 0 Å². The second-order valence-electron chi connectivity index (χ2n) is 9.33. The van der Waals surface area contributed by atoms with E-state index in [2.05, 4.69) is 32.2 Å². The van der Waals surface area contributed by atoms with Crippen LogP contribution in [-0.2, 0) is 0 Å². The number of anilines is 1. The lowest BCUT2D eigenvalue weighted by molar-refractivity contribution is 0.0940. The zero-order valence-electron chi connectivity index (χ0n) is 22.6. The molecule has 6 rings (SSSR count). The molecule has 0 unspecified atom stereocenters. The summed E-state index contributed by atoms with van der Waals surface area (Å²) in [5.74, 6) is 6.52. The number of rotatable bonds is 5. The van der Waals surface area contributed by atoms with E-state index in [1.165, 1.54) is 16.2 Å². The molecule has 0 radical (unpaired) electrons. The summed E-state index contributed by atoms with van der Waals surface area (Å²) in [6.45, 7) is 1.75. The number of amides is 1. The highest BCUT2D eigenvalue weighted by molar-refractivity contribution is 6.04. The highest BCUT2D eigenvalue weighted by Gasteiger charge is 2.24. The fourth-order valence-corrected chi connectivity index (χ4v) is 4.66. The van der Waals surface area contributed by atoms with Crippen LogP contribution in [0.25, 0.3) is 22.2 Å². The number of benzene rings is 2. The van der Waals surface area contributed by atoms with Crippen LogP contribution in [-0.4, -0.2) is 42.2 Å². The molecule has 11 heteroatoms. The molecule has 6 aromatic rings. The van der Waals surface area contributed by atoms with Crippen molar-refractivity contribution < 1.29 is 9.53 Å². The second-order valence-corrected chi connectivity index (χ2v) is 9.33. The average Bonchev–Trinajstić information content (AvgIpc) is 3.36. The van der Waals surface area contributed by atoms with E-state index in [1.54, 1.807) is 74.0 Å². The molecule has 3 N–H and O–H groups in total. The van der Waals surface area contributed by atoms with Gasteiger partial charge in [-0.3, -0.25) is 14.2 Å². The molecule has 0 spiro atoms. The van der Waals surface area contributed by atoms with E-state index in [9.17, 15) is 9.59 Å². The van der Waals surface area contributed by atoms with E-state index in [0.29, 0.717) is 45.1 Å². The van der Waals surface area contributed by atoms with E-state index in [0.717, 1.165) is 0 Å². The number of carbonyl (C=O) groups excluding carboxylic acids is 1. The van der Waals surface area contributed by atoms with Gasteiger partial charge in [-0.25, -0.2) is 19.5 Å². The van der Waals surface area contributed by atoms with Crippen molar-refractivity contribution in [3.05, 3.63) is 118 Å². The van der Waals surface area contributed by atoms with Gasteiger partial charge in [0.05, 0.1) is 29.7 Å². The fraction of sp³-hybridized carbons (Fsp3) is 0.0968. The van der Waals surface area contributed by atoms with Gasteiger partial charge in [0.15, 0.2) is 11.5 Å². The average molecular weight is 557 g/mol. The van der Waals surface area contributed by atoms with E-state index >= 15 is 0 Å². The first-order chi connectivity index (χ1) is 20.4. The van der Waals surface area contributed by atoms with Crippen molar-refractivity contribution in [2.24, 2.45) is 0 Å².